The highest BCUT2D eigenvalue weighted by molar-refractivity contribution is 7.99. The summed E-state index contributed by atoms with van der Waals surface area (Å²) in [5.41, 5.74) is 2.42. The number of thioether (sulfide) groups is 1. The number of carbonyl (C=O) groups is 1. The zero-order valence-electron chi connectivity index (χ0n) is 14.3. The zero-order chi connectivity index (χ0) is 18.3. The number of nitrogens with zero attached hydrogens (tertiary/aromatic N) is 4. The second-order valence-electron chi connectivity index (χ2n) is 6.10. The molecule has 0 bridgehead atoms. The fraction of sp³-hybridized carbons (Fsp3) is 0.158. The third-order valence-corrected chi connectivity index (χ3v) is 5.16. The Morgan fingerprint density at radius 3 is 2.54 bits per heavy atom. The minimum Gasteiger partial charge on any atom is -0.299 e. The molecule has 4 aromatic rings. The van der Waals surface area contributed by atoms with Crippen molar-refractivity contribution in [2.75, 3.05) is 5.75 Å². The smallest absolute Gasteiger partial charge is 0.267 e. The van der Waals surface area contributed by atoms with Gasteiger partial charge in [0.05, 0.1) is 22.3 Å². The molecule has 2 aromatic carbocycles. The van der Waals surface area contributed by atoms with Gasteiger partial charge in [-0.15, -0.1) is 10.2 Å². The Kier molecular flexibility index (Phi) is 4.08. The normalized spacial score (nSPS) is 11.3. The highest BCUT2D eigenvalue weighted by atomic mass is 32.2. The molecule has 0 unspecified atom stereocenters. The van der Waals surface area contributed by atoms with Crippen LogP contribution in [-0.2, 0) is 4.79 Å². The van der Waals surface area contributed by atoms with Gasteiger partial charge in [0.25, 0.3) is 5.56 Å². The van der Waals surface area contributed by atoms with E-state index >= 15 is 0 Å². The van der Waals surface area contributed by atoms with Gasteiger partial charge >= 0.3 is 0 Å². The van der Waals surface area contributed by atoms with E-state index in [0.717, 1.165) is 16.8 Å². The highest BCUT2D eigenvalue weighted by Gasteiger charge is 2.18. The Hall–Kier alpha value is -2.93. The molecule has 0 N–H and O–H groups in total. The molecule has 0 aliphatic heterocycles. The molecule has 0 radical (unpaired) electrons. The third kappa shape index (κ3) is 2.70. The predicted octanol–water partition coefficient (Wildman–Crippen LogP) is 3.02. The maximum Gasteiger partial charge on any atom is 0.267 e. The fourth-order valence-corrected chi connectivity index (χ4v) is 3.60. The summed E-state index contributed by atoms with van der Waals surface area (Å²) in [4.78, 5) is 24.5. The first-order valence-electron chi connectivity index (χ1n) is 8.14. The summed E-state index contributed by atoms with van der Waals surface area (Å²) < 4.78 is 3.40. The number of hydrogen-bond donors (Lipinski definition) is 0. The number of rotatable bonds is 4. The summed E-state index contributed by atoms with van der Waals surface area (Å²) >= 11 is 1.32. The Morgan fingerprint density at radius 1 is 1.08 bits per heavy atom. The Balaban J connectivity index is 2.08. The second kappa shape index (κ2) is 6.42. The number of para-hydroxylation sites is 1. The second-order valence-corrected chi connectivity index (χ2v) is 7.04. The van der Waals surface area contributed by atoms with E-state index in [1.165, 1.54) is 18.7 Å². The number of fused-ring (bicyclic) bond motifs is 3. The molecule has 0 atom stereocenters. The summed E-state index contributed by atoms with van der Waals surface area (Å²) in [7, 11) is 0. The van der Waals surface area contributed by atoms with Crippen LogP contribution in [0.3, 0.4) is 0 Å². The minimum atomic E-state index is -0.146. The van der Waals surface area contributed by atoms with E-state index in [9.17, 15) is 9.59 Å². The average Bonchev–Trinajstić information content (AvgIpc) is 3.05. The van der Waals surface area contributed by atoms with Crippen molar-refractivity contribution in [2.24, 2.45) is 0 Å². The van der Waals surface area contributed by atoms with Gasteiger partial charge in [-0.2, -0.15) is 0 Å². The molecule has 0 amide bonds. The van der Waals surface area contributed by atoms with Crippen molar-refractivity contribution in [2.45, 2.75) is 19.0 Å². The van der Waals surface area contributed by atoms with E-state index in [4.69, 9.17) is 0 Å². The molecule has 6 nitrogen and oxygen atoms in total. The van der Waals surface area contributed by atoms with Crippen LogP contribution in [-0.4, -0.2) is 30.7 Å². The number of benzene rings is 2. The molecule has 0 saturated heterocycles. The molecule has 0 spiro atoms. The van der Waals surface area contributed by atoms with Crippen molar-refractivity contribution in [3.05, 3.63) is 64.4 Å². The molecular formula is C19H16N4O2S. The van der Waals surface area contributed by atoms with Crippen LogP contribution in [0.15, 0.2) is 58.5 Å². The fourth-order valence-electron chi connectivity index (χ4n) is 2.86. The van der Waals surface area contributed by atoms with Crippen LogP contribution in [0.2, 0.25) is 0 Å². The zero-order valence-corrected chi connectivity index (χ0v) is 15.2. The van der Waals surface area contributed by atoms with Crippen molar-refractivity contribution in [3.63, 3.8) is 0 Å². The highest BCUT2D eigenvalue weighted by Crippen LogP contribution is 2.23. The number of ketones is 1. The van der Waals surface area contributed by atoms with E-state index in [1.807, 2.05) is 53.8 Å². The van der Waals surface area contributed by atoms with Crippen molar-refractivity contribution in [3.8, 4) is 5.69 Å². The lowest BCUT2D eigenvalue weighted by molar-refractivity contribution is -0.114. The lowest BCUT2D eigenvalue weighted by Crippen LogP contribution is -2.21. The van der Waals surface area contributed by atoms with Crippen molar-refractivity contribution >= 4 is 34.2 Å². The van der Waals surface area contributed by atoms with Crippen molar-refractivity contribution in [1.82, 2.24) is 19.2 Å². The van der Waals surface area contributed by atoms with Crippen LogP contribution < -0.4 is 5.56 Å². The summed E-state index contributed by atoms with van der Waals surface area (Å²) in [6, 6.07) is 15.1. The van der Waals surface area contributed by atoms with Crippen LogP contribution in [0.5, 0.6) is 0 Å². The standard InChI is InChI=1S/C19H16N4O2S/c1-12-7-9-14(10-8-12)22-17(25)15-5-3-4-6-16(15)23-18(22)20-21-19(23)26-11-13(2)24/h3-10H,11H2,1-2H3. The number of hydrogen-bond acceptors (Lipinski definition) is 5. The molecule has 130 valence electrons. The largest absolute Gasteiger partial charge is 0.299 e. The van der Waals surface area contributed by atoms with Gasteiger partial charge < -0.3 is 0 Å². The van der Waals surface area contributed by atoms with Gasteiger partial charge in [0.15, 0.2) is 5.16 Å². The third-order valence-electron chi connectivity index (χ3n) is 4.09. The molecule has 4 rings (SSSR count). The van der Waals surface area contributed by atoms with Crippen LogP contribution in [0.25, 0.3) is 22.4 Å². The summed E-state index contributed by atoms with van der Waals surface area (Å²) in [6.07, 6.45) is 0. The van der Waals surface area contributed by atoms with Crippen LogP contribution in [0.1, 0.15) is 12.5 Å². The monoisotopic (exact) mass is 364 g/mol. The van der Waals surface area contributed by atoms with E-state index in [0.29, 0.717) is 22.1 Å². The van der Waals surface area contributed by atoms with Crippen LogP contribution in [0, 0.1) is 6.92 Å². The molecule has 0 aliphatic carbocycles. The number of aromatic nitrogens is 4. The lowest BCUT2D eigenvalue weighted by atomic mass is 10.2. The lowest BCUT2D eigenvalue weighted by Gasteiger charge is -2.11. The molecular weight excluding hydrogens is 348 g/mol. The van der Waals surface area contributed by atoms with Gasteiger partial charge in [0, 0.05) is 0 Å². The first-order valence-corrected chi connectivity index (χ1v) is 9.13. The maximum absolute atomic E-state index is 13.1. The molecule has 2 aromatic heterocycles. The van der Waals surface area contributed by atoms with Gasteiger partial charge in [-0.1, -0.05) is 41.6 Å². The minimum absolute atomic E-state index is 0.0583. The van der Waals surface area contributed by atoms with Gasteiger partial charge in [-0.25, -0.2) is 4.57 Å². The number of aryl methyl sites for hydroxylation is 1. The predicted molar refractivity (Wildman–Crippen MR) is 102 cm³/mol. The van der Waals surface area contributed by atoms with E-state index in [1.54, 1.807) is 10.6 Å². The molecule has 7 heteroatoms. The first-order chi connectivity index (χ1) is 12.6. The summed E-state index contributed by atoms with van der Waals surface area (Å²) in [6.45, 7) is 3.53. The van der Waals surface area contributed by atoms with Gasteiger partial charge in [-0.05, 0) is 38.1 Å². The molecule has 2 heterocycles. The molecule has 26 heavy (non-hydrogen) atoms. The Morgan fingerprint density at radius 2 is 1.81 bits per heavy atom. The van der Waals surface area contributed by atoms with Crippen LogP contribution in [0.4, 0.5) is 0 Å². The van der Waals surface area contributed by atoms with E-state index in [-0.39, 0.29) is 11.3 Å². The van der Waals surface area contributed by atoms with Gasteiger partial charge in [0.1, 0.15) is 5.78 Å². The van der Waals surface area contributed by atoms with E-state index in [2.05, 4.69) is 10.2 Å². The summed E-state index contributed by atoms with van der Waals surface area (Å²) in [5.74, 6) is 0.796. The van der Waals surface area contributed by atoms with Gasteiger partial charge in [0.2, 0.25) is 5.78 Å². The number of carbonyl (C=O) groups excluding carboxylic acids is 1. The first kappa shape index (κ1) is 16.5. The molecule has 0 aliphatic rings. The van der Waals surface area contributed by atoms with Crippen molar-refractivity contribution < 1.29 is 4.79 Å². The average molecular weight is 364 g/mol. The quantitative estimate of drug-likeness (QED) is 0.521. The maximum atomic E-state index is 13.1. The Bertz CT molecular complexity index is 1190. The summed E-state index contributed by atoms with van der Waals surface area (Å²) in [5, 5.41) is 9.64. The molecule has 0 fully saturated rings. The SMILES string of the molecule is CC(=O)CSc1nnc2n(-c3ccc(C)cc3)c(=O)c3ccccc3n12. The van der Waals surface area contributed by atoms with E-state index < -0.39 is 0 Å². The van der Waals surface area contributed by atoms with Gasteiger partial charge in [-0.3, -0.25) is 14.0 Å². The number of Topliss-reactive ketones (excluding diaryl/α,β-unsaturated/α-hetero) is 1. The topological polar surface area (TPSA) is 69.3 Å². The Labute approximate surface area is 153 Å². The van der Waals surface area contributed by atoms with Crippen molar-refractivity contribution in [1.29, 1.82) is 0 Å². The van der Waals surface area contributed by atoms with Crippen LogP contribution >= 0.6 is 11.8 Å². The molecule has 0 saturated carbocycles.